The van der Waals surface area contributed by atoms with Crippen molar-refractivity contribution in [2.45, 2.75) is 13.5 Å². The number of rotatable bonds is 3. The summed E-state index contributed by atoms with van der Waals surface area (Å²) in [5.41, 5.74) is 1.58. The Bertz CT molecular complexity index is 430. The van der Waals surface area contributed by atoms with Gasteiger partial charge >= 0.3 is 10.3 Å². The summed E-state index contributed by atoms with van der Waals surface area (Å²) in [7, 11) is -3.89. The average molecular weight is 236 g/mol. The van der Waals surface area contributed by atoms with Gasteiger partial charge in [-0.25, -0.2) is 5.14 Å². The first-order valence-corrected chi connectivity index (χ1v) is 5.65. The Morgan fingerprint density at radius 3 is 2.64 bits per heavy atom. The Morgan fingerprint density at radius 1 is 1.50 bits per heavy atom. The first-order valence-electron chi connectivity index (χ1n) is 3.80. The van der Waals surface area contributed by atoms with Crippen molar-refractivity contribution in [3.63, 3.8) is 0 Å². The molecule has 0 aromatic heterocycles. The third kappa shape index (κ3) is 3.63. The normalized spacial score (nSPS) is 11.6. The summed E-state index contributed by atoms with van der Waals surface area (Å²) < 4.78 is 25.4. The molecule has 1 rings (SSSR count). The van der Waals surface area contributed by atoms with Crippen LogP contribution in [-0.4, -0.2) is 8.42 Å². The minimum absolute atomic E-state index is 0.0984. The van der Waals surface area contributed by atoms with Gasteiger partial charge in [-0.1, -0.05) is 23.7 Å². The minimum Gasteiger partial charge on any atom is -0.253 e. The van der Waals surface area contributed by atoms with Crippen LogP contribution in [0.4, 0.5) is 0 Å². The fourth-order valence-electron chi connectivity index (χ4n) is 0.876. The van der Waals surface area contributed by atoms with Crippen molar-refractivity contribution < 1.29 is 12.6 Å². The Labute approximate surface area is 87.9 Å². The number of aryl methyl sites for hydroxylation is 1. The zero-order valence-corrected chi connectivity index (χ0v) is 9.10. The molecule has 0 fully saturated rings. The maximum absolute atomic E-state index is 10.5. The van der Waals surface area contributed by atoms with Gasteiger partial charge in [0.2, 0.25) is 0 Å². The van der Waals surface area contributed by atoms with Crippen molar-refractivity contribution in [2.24, 2.45) is 5.14 Å². The Hall–Kier alpha value is -0.620. The molecule has 4 nitrogen and oxygen atoms in total. The van der Waals surface area contributed by atoms with Gasteiger partial charge in [0.1, 0.15) is 0 Å². The molecular formula is C8H10ClNO3S. The first kappa shape index (κ1) is 11.5. The van der Waals surface area contributed by atoms with Crippen LogP contribution in [0.3, 0.4) is 0 Å². The summed E-state index contributed by atoms with van der Waals surface area (Å²) in [6.07, 6.45) is 0. The Balaban J connectivity index is 2.74. The standard InChI is InChI=1S/C8H10ClNO3S/c1-6-2-3-7(4-8(6)9)5-13-14(10,11)12/h2-4H,5H2,1H3,(H2,10,11,12). The van der Waals surface area contributed by atoms with Gasteiger partial charge in [0.05, 0.1) is 6.61 Å². The van der Waals surface area contributed by atoms with E-state index < -0.39 is 10.3 Å². The maximum Gasteiger partial charge on any atom is 0.333 e. The number of benzene rings is 1. The molecule has 78 valence electrons. The second-order valence-corrected chi connectivity index (χ2v) is 4.47. The molecule has 0 saturated carbocycles. The van der Waals surface area contributed by atoms with E-state index in [4.69, 9.17) is 11.6 Å². The lowest BCUT2D eigenvalue weighted by atomic mass is 10.2. The molecule has 0 aliphatic rings. The van der Waals surface area contributed by atoms with E-state index in [-0.39, 0.29) is 6.61 Å². The topological polar surface area (TPSA) is 69.4 Å². The van der Waals surface area contributed by atoms with Crippen molar-refractivity contribution in [3.8, 4) is 0 Å². The summed E-state index contributed by atoms with van der Waals surface area (Å²) >= 11 is 5.83. The minimum atomic E-state index is -3.89. The Morgan fingerprint density at radius 2 is 2.14 bits per heavy atom. The van der Waals surface area contributed by atoms with Crippen LogP contribution in [0.5, 0.6) is 0 Å². The number of hydrogen-bond acceptors (Lipinski definition) is 3. The zero-order chi connectivity index (χ0) is 10.8. The van der Waals surface area contributed by atoms with Crippen LogP contribution in [0.2, 0.25) is 5.02 Å². The molecule has 1 aromatic carbocycles. The van der Waals surface area contributed by atoms with Crippen LogP contribution in [0, 0.1) is 6.92 Å². The quantitative estimate of drug-likeness (QED) is 0.860. The molecule has 0 aliphatic heterocycles. The van der Waals surface area contributed by atoms with Gasteiger partial charge in [-0.3, -0.25) is 4.18 Å². The molecule has 14 heavy (non-hydrogen) atoms. The van der Waals surface area contributed by atoms with Gasteiger partial charge in [0, 0.05) is 5.02 Å². The van der Waals surface area contributed by atoms with Gasteiger partial charge in [-0.05, 0) is 24.1 Å². The lowest BCUT2D eigenvalue weighted by molar-refractivity contribution is 0.308. The third-order valence-corrected chi connectivity index (χ3v) is 2.48. The molecule has 2 N–H and O–H groups in total. The van der Waals surface area contributed by atoms with Crippen molar-refractivity contribution in [3.05, 3.63) is 34.3 Å². The predicted molar refractivity (Wildman–Crippen MR) is 54.1 cm³/mol. The second-order valence-electron chi connectivity index (χ2n) is 2.84. The largest absolute Gasteiger partial charge is 0.333 e. The molecule has 0 aliphatic carbocycles. The van der Waals surface area contributed by atoms with E-state index in [1.54, 1.807) is 18.2 Å². The molecule has 0 atom stereocenters. The summed E-state index contributed by atoms with van der Waals surface area (Å²) in [5, 5.41) is 5.24. The van der Waals surface area contributed by atoms with E-state index in [0.29, 0.717) is 10.6 Å². The summed E-state index contributed by atoms with van der Waals surface area (Å²) in [5.74, 6) is 0. The van der Waals surface area contributed by atoms with Crippen molar-refractivity contribution in [1.29, 1.82) is 0 Å². The van der Waals surface area contributed by atoms with Gasteiger partial charge in [-0.15, -0.1) is 0 Å². The SMILES string of the molecule is Cc1ccc(COS(N)(=O)=O)cc1Cl. The fraction of sp³-hybridized carbons (Fsp3) is 0.250. The van der Waals surface area contributed by atoms with Gasteiger partial charge in [0.25, 0.3) is 0 Å². The van der Waals surface area contributed by atoms with Crippen LogP contribution in [-0.2, 0) is 21.1 Å². The van der Waals surface area contributed by atoms with E-state index in [0.717, 1.165) is 5.56 Å². The van der Waals surface area contributed by atoms with Crippen LogP contribution in [0.1, 0.15) is 11.1 Å². The molecule has 1 aromatic rings. The van der Waals surface area contributed by atoms with Crippen molar-refractivity contribution in [2.75, 3.05) is 0 Å². The third-order valence-electron chi connectivity index (χ3n) is 1.63. The summed E-state index contributed by atoms with van der Waals surface area (Å²) in [4.78, 5) is 0. The lowest BCUT2D eigenvalue weighted by Gasteiger charge is -2.03. The molecule has 0 saturated heterocycles. The summed E-state index contributed by atoms with van der Waals surface area (Å²) in [6.45, 7) is 1.76. The Kier molecular flexibility index (Phi) is 3.49. The number of nitrogens with two attached hydrogens (primary N) is 1. The van der Waals surface area contributed by atoms with E-state index in [1.165, 1.54) is 0 Å². The highest BCUT2D eigenvalue weighted by Gasteiger charge is 2.04. The van der Waals surface area contributed by atoms with E-state index in [9.17, 15) is 8.42 Å². The molecule has 0 bridgehead atoms. The molecule has 6 heteroatoms. The van der Waals surface area contributed by atoms with E-state index in [1.807, 2.05) is 6.92 Å². The van der Waals surface area contributed by atoms with Crippen LogP contribution >= 0.6 is 11.6 Å². The number of halogens is 1. The molecule has 0 amide bonds. The highest BCUT2D eigenvalue weighted by molar-refractivity contribution is 7.84. The summed E-state index contributed by atoms with van der Waals surface area (Å²) in [6, 6.07) is 5.15. The van der Waals surface area contributed by atoms with Crippen LogP contribution < -0.4 is 5.14 Å². The molecule has 0 heterocycles. The van der Waals surface area contributed by atoms with Gasteiger partial charge < -0.3 is 0 Å². The maximum atomic E-state index is 10.5. The van der Waals surface area contributed by atoms with Crippen molar-refractivity contribution >= 4 is 21.9 Å². The zero-order valence-electron chi connectivity index (χ0n) is 7.53. The average Bonchev–Trinajstić information content (AvgIpc) is 2.06. The highest BCUT2D eigenvalue weighted by Crippen LogP contribution is 2.17. The molecule has 0 spiro atoms. The van der Waals surface area contributed by atoms with E-state index >= 15 is 0 Å². The fourth-order valence-corrected chi connectivity index (χ4v) is 1.38. The lowest BCUT2D eigenvalue weighted by Crippen LogP contribution is -2.15. The number of hydrogen-bond donors (Lipinski definition) is 1. The van der Waals surface area contributed by atoms with Crippen molar-refractivity contribution in [1.82, 2.24) is 0 Å². The van der Waals surface area contributed by atoms with Crippen LogP contribution in [0.25, 0.3) is 0 Å². The monoisotopic (exact) mass is 235 g/mol. The van der Waals surface area contributed by atoms with E-state index in [2.05, 4.69) is 9.32 Å². The molecule has 0 radical (unpaired) electrons. The van der Waals surface area contributed by atoms with Gasteiger partial charge in [-0.2, -0.15) is 8.42 Å². The smallest absolute Gasteiger partial charge is 0.253 e. The highest BCUT2D eigenvalue weighted by atomic mass is 35.5. The predicted octanol–water partition coefficient (Wildman–Crippen LogP) is 1.37. The molecular weight excluding hydrogens is 226 g/mol. The molecule has 0 unspecified atom stereocenters. The first-order chi connectivity index (χ1) is 6.38. The van der Waals surface area contributed by atoms with Gasteiger partial charge in [0.15, 0.2) is 0 Å². The van der Waals surface area contributed by atoms with Crippen LogP contribution in [0.15, 0.2) is 18.2 Å². The second kappa shape index (κ2) is 4.27.